The molecule has 194 valence electrons. The van der Waals surface area contributed by atoms with E-state index >= 15 is 0 Å². The molecular formula is C29H40BNO5. The summed E-state index contributed by atoms with van der Waals surface area (Å²) in [5.41, 5.74) is 1.11. The van der Waals surface area contributed by atoms with Gasteiger partial charge in [0.2, 0.25) is 0 Å². The lowest BCUT2D eigenvalue weighted by Gasteiger charge is -2.40. The highest BCUT2D eigenvalue weighted by atomic mass is 16.7. The third kappa shape index (κ3) is 5.34. The molecule has 7 heteroatoms. The second kappa shape index (κ2) is 9.84. The van der Waals surface area contributed by atoms with Crippen LogP contribution >= 0.6 is 0 Å². The molecule has 0 bridgehead atoms. The predicted molar refractivity (Wildman–Crippen MR) is 142 cm³/mol. The summed E-state index contributed by atoms with van der Waals surface area (Å²) in [6, 6.07) is 17.7. The molecule has 2 heterocycles. The minimum absolute atomic E-state index is 0.167. The lowest BCUT2D eigenvalue weighted by Crippen LogP contribution is -2.44. The quantitative estimate of drug-likeness (QED) is 0.565. The van der Waals surface area contributed by atoms with Gasteiger partial charge in [-0.1, -0.05) is 54.6 Å². The first-order chi connectivity index (χ1) is 16.8. The van der Waals surface area contributed by atoms with Crippen LogP contribution in [0.3, 0.4) is 0 Å². The van der Waals surface area contributed by atoms with Crippen LogP contribution in [0.1, 0.15) is 84.6 Å². The first-order valence-electron chi connectivity index (χ1n) is 13.0. The van der Waals surface area contributed by atoms with Crippen molar-refractivity contribution >= 4 is 18.7 Å². The summed E-state index contributed by atoms with van der Waals surface area (Å²) in [7, 11) is -0.420. The molecule has 6 nitrogen and oxygen atoms in total. The Morgan fingerprint density at radius 1 is 1.00 bits per heavy atom. The molecule has 0 saturated carbocycles. The molecule has 0 aromatic heterocycles. The molecule has 0 spiro atoms. The average molecular weight is 493 g/mol. The largest absolute Gasteiger partial charge is 0.494 e. The van der Waals surface area contributed by atoms with Crippen molar-refractivity contribution in [1.82, 2.24) is 4.90 Å². The fourth-order valence-electron chi connectivity index (χ4n) is 5.09. The van der Waals surface area contributed by atoms with Crippen molar-refractivity contribution in [2.45, 2.75) is 90.3 Å². The van der Waals surface area contributed by atoms with E-state index in [2.05, 4.69) is 0 Å². The number of carbonyl (C=O) groups excluding carboxylic acids is 1. The molecule has 0 aliphatic carbocycles. The highest BCUT2D eigenvalue weighted by molar-refractivity contribution is 6.62. The monoisotopic (exact) mass is 493 g/mol. The van der Waals surface area contributed by atoms with Crippen LogP contribution in [0.5, 0.6) is 0 Å². The van der Waals surface area contributed by atoms with Gasteiger partial charge in [0, 0.05) is 12.5 Å². The van der Waals surface area contributed by atoms with Gasteiger partial charge in [0.25, 0.3) is 0 Å². The number of aliphatic hydroxyl groups is 1. The Kier molecular flexibility index (Phi) is 7.30. The fraction of sp³-hybridized carbons (Fsp3) is 0.552. The number of rotatable bonds is 5. The van der Waals surface area contributed by atoms with Gasteiger partial charge in [-0.25, -0.2) is 4.79 Å². The van der Waals surface area contributed by atoms with Crippen molar-refractivity contribution < 1.29 is 23.9 Å². The third-order valence-electron chi connectivity index (χ3n) is 8.19. The Labute approximate surface area is 216 Å². The normalized spacial score (nSPS) is 25.2. The summed E-state index contributed by atoms with van der Waals surface area (Å²) in [5.74, 6) is -0.194. The van der Waals surface area contributed by atoms with Gasteiger partial charge in [-0.05, 0) is 77.9 Å². The van der Waals surface area contributed by atoms with Gasteiger partial charge in [-0.15, -0.1) is 0 Å². The maximum Gasteiger partial charge on any atom is 0.494 e. The molecule has 36 heavy (non-hydrogen) atoms. The molecule has 2 aliphatic heterocycles. The molecule has 2 fully saturated rings. The van der Waals surface area contributed by atoms with Gasteiger partial charge in [-0.2, -0.15) is 0 Å². The van der Waals surface area contributed by atoms with Crippen LogP contribution in [0.2, 0.25) is 0 Å². The Hall–Kier alpha value is -2.35. The van der Waals surface area contributed by atoms with Gasteiger partial charge in [-0.3, -0.25) is 0 Å². The highest BCUT2D eigenvalue weighted by Gasteiger charge is 2.51. The molecule has 1 N–H and O–H groups in total. The molecule has 1 amide bonds. The minimum atomic E-state index is -0.974. The molecule has 2 aromatic carbocycles. The van der Waals surface area contributed by atoms with E-state index in [1.54, 1.807) is 18.7 Å². The maximum absolute atomic E-state index is 13.4. The summed E-state index contributed by atoms with van der Waals surface area (Å²) in [6.07, 6.45) is 0.656. The first kappa shape index (κ1) is 26.7. The zero-order valence-corrected chi connectivity index (χ0v) is 22.7. The number of nitrogens with zero attached hydrogens (tertiary/aromatic N) is 1. The topological polar surface area (TPSA) is 68.2 Å². The predicted octanol–water partition coefficient (Wildman–Crippen LogP) is 5.41. The Morgan fingerprint density at radius 2 is 1.58 bits per heavy atom. The number of hydrogen-bond donors (Lipinski definition) is 1. The third-order valence-corrected chi connectivity index (χ3v) is 8.19. The van der Waals surface area contributed by atoms with Crippen molar-refractivity contribution in [3.05, 3.63) is 65.7 Å². The van der Waals surface area contributed by atoms with Crippen molar-refractivity contribution in [1.29, 1.82) is 0 Å². The van der Waals surface area contributed by atoms with E-state index < -0.39 is 30.0 Å². The fourth-order valence-corrected chi connectivity index (χ4v) is 5.09. The Balaban J connectivity index is 1.52. The number of cyclic esters (lactones) is 1. The number of benzene rings is 2. The van der Waals surface area contributed by atoms with E-state index in [4.69, 9.17) is 14.0 Å². The summed E-state index contributed by atoms with van der Waals surface area (Å²) >= 11 is 0. The number of carbonyl (C=O) groups is 1. The summed E-state index contributed by atoms with van der Waals surface area (Å²) in [6.45, 7) is 14.4. The molecular weight excluding hydrogens is 453 g/mol. The summed E-state index contributed by atoms with van der Waals surface area (Å²) in [5, 5.41) is 10.9. The minimum Gasteiger partial charge on any atom is -0.441 e. The van der Waals surface area contributed by atoms with E-state index in [1.165, 1.54) is 0 Å². The Morgan fingerprint density at radius 3 is 2.14 bits per heavy atom. The zero-order valence-electron chi connectivity index (χ0n) is 22.7. The van der Waals surface area contributed by atoms with Crippen LogP contribution in [0.25, 0.3) is 0 Å². The zero-order chi connectivity index (χ0) is 26.3. The molecule has 1 unspecified atom stereocenters. The van der Waals surface area contributed by atoms with E-state index in [0.717, 1.165) is 29.4 Å². The highest BCUT2D eigenvalue weighted by Crippen LogP contribution is 2.40. The van der Waals surface area contributed by atoms with E-state index in [1.807, 2.05) is 89.2 Å². The number of amides is 1. The Bertz CT molecular complexity index is 1030. The molecule has 2 aliphatic rings. The van der Waals surface area contributed by atoms with Gasteiger partial charge < -0.3 is 24.1 Å². The summed E-state index contributed by atoms with van der Waals surface area (Å²) in [4.78, 5) is 15.2. The van der Waals surface area contributed by atoms with Crippen LogP contribution in [-0.2, 0) is 14.0 Å². The van der Waals surface area contributed by atoms with Crippen LogP contribution in [-0.4, -0.2) is 46.6 Å². The standard InChI is InChI=1S/C29H40BNO5/c1-20(21-15-17-23(18-16-21)30-35-28(4,5)29(6,7)36-30)31-19-11-14-24(27(2,3)33)25(34-26(31)32)22-12-9-8-10-13-22/h8-10,12-13,15-18,20,24-25,33H,11,14,19H2,1-7H3/t20-,24?,25+/m0/s1. The number of hydrogen-bond acceptors (Lipinski definition) is 5. The molecule has 0 radical (unpaired) electrons. The average Bonchev–Trinajstić information content (AvgIpc) is 3.02. The van der Waals surface area contributed by atoms with Crippen LogP contribution in [0, 0.1) is 5.92 Å². The molecule has 2 aromatic rings. The van der Waals surface area contributed by atoms with Crippen molar-refractivity contribution in [3.63, 3.8) is 0 Å². The summed E-state index contributed by atoms with van der Waals surface area (Å²) < 4.78 is 18.5. The molecule has 3 atom stereocenters. The lowest BCUT2D eigenvalue weighted by molar-refractivity contribution is -0.0734. The van der Waals surface area contributed by atoms with Crippen LogP contribution in [0.4, 0.5) is 4.79 Å². The second-order valence-corrected chi connectivity index (χ2v) is 11.7. The van der Waals surface area contributed by atoms with Crippen molar-refractivity contribution in [3.8, 4) is 0 Å². The first-order valence-corrected chi connectivity index (χ1v) is 13.0. The maximum atomic E-state index is 13.4. The SMILES string of the molecule is C[C@@H](c1ccc(B2OC(C)(C)C(C)(C)O2)cc1)N1CCCC(C(C)(C)O)[C@@H](c2ccccc2)OC1=O. The van der Waals surface area contributed by atoms with Crippen LogP contribution in [0.15, 0.2) is 54.6 Å². The van der Waals surface area contributed by atoms with Gasteiger partial charge in [0.1, 0.15) is 6.10 Å². The van der Waals surface area contributed by atoms with E-state index in [-0.39, 0.29) is 18.1 Å². The lowest BCUT2D eigenvalue weighted by atomic mass is 9.78. The smallest absolute Gasteiger partial charge is 0.441 e. The van der Waals surface area contributed by atoms with E-state index in [0.29, 0.717) is 6.54 Å². The molecule has 2 saturated heterocycles. The second-order valence-electron chi connectivity index (χ2n) is 11.7. The van der Waals surface area contributed by atoms with Gasteiger partial charge in [0.15, 0.2) is 0 Å². The van der Waals surface area contributed by atoms with Crippen LogP contribution < -0.4 is 5.46 Å². The van der Waals surface area contributed by atoms with Crippen molar-refractivity contribution in [2.75, 3.05) is 6.54 Å². The molecule has 4 rings (SSSR count). The number of ether oxygens (including phenoxy) is 1. The van der Waals surface area contributed by atoms with E-state index in [9.17, 15) is 9.90 Å². The van der Waals surface area contributed by atoms with Crippen molar-refractivity contribution in [2.24, 2.45) is 5.92 Å². The van der Waals surface area contributed by atoms with Gasteiger partial charge >= 0.3 is 13.2 Å². The van der Waals surface area contributed by atoms with Gasteiger partial charge in [0.05, 0.1) is 22.8 Å².